The van der Waals surface area contributed by atoms with Crippen molar-refractivity contribution in [2.45, 2.75) is 103 Å². The summed E-state index contributed by atoms with van der Waals surface area (Å²) in [5.74, 6) is 0.926. The molecule has 1 aromatic carbocycles. The molecule has 0 aromatic heterocycles. The first kappa shape index (κ1) is 24.6. The van der Waals surface area contributed by atoms with Crippen LogP contribution in [0.15, 0.2) is 36.2 Å². The number of anilines is 1. The lowest BCUT2D eigenvalue weighted by Crippen LogP contribution is -2.05. The van der Waals surface area contributed by atoms with Crippen LogP contribution in [0.25, 0.3) is 0 Å². The number of nitrogens with one attached hydrogen (secondary N) is 2. The van der Waals surface area contributed by atoms with Gasteiger partial charge in [-0.1, -0.05) is 103 Å². The highest BCUT2D eigenvalue weighted by Gasteiger charge is 2.04. The average Bonchev–Trinajstić information content (AvgIpc) is 3.29. The zero-order valence-corrected chi connectivity index (χ0v) is 19.5. The van der Waals surface area contributed by atoms with Gasteiger partial charge in [0.05, 0.1) is 6.54 Å². The predicted molar refractivity (Wildman–Crippen MR) is 131 cm³/mol. The quantitative estimate of drug-likeness (QED) is 0.243. The molecule has 0 radical (unpaired) electrons. The fraction of sp³-hybridized carbons (Fsp3) is 0.704. The number of hydrogen-bond donors (Lipinski definition) is 2. The molecule has 30 heavy (non-hydrogen) atoms. The molecule has 0 bridgehead atoms. The van der Waals surface area contributed by atoms with Crippen molar-refractivity contribution in [3.63, 3.8) is 0 Å². The predicted octanol–water partition coefficient (Wildman–Crippen LogP) is 7.58. The fourth-order valence-corrected chi connectivity index (χ4v) is 4.04. The zero-order valence-electron chi connectivity index (χ0n) is 19.5. The van der Waals surface area contributed by atoms with Crippen molar-refractivity contribution in [1.29, 1.82) is 0 Å². The third-order valence-electron chi connectivity index (χ3n) is 6.00. The van der Waals surface area contributed by atoms with Crippen molar-refractivity contribution in [2.75, 3.05) is 25.0 Å². The summed E-state index contributed by atoms with van der Waals surface area (Å²) < 4.78 is 5.47. The first-order chi connectivity index (χ1) is 14.9. The molecule has 1 fully saturated rings. The maximum absolute atomic E-state index is 5.47. The van der Waals surface area contributed by atoms with Crippen LogP contribution in [0.3, 0.4) is 0 Å². The number of unbranched alkanes of at least 4 members (excludes halogenated alkanes) is 13. The minimum absolute atomic E-state index is 0.786. The summed E-state index contributed by atoms with van der Waals surface area (Å²) in [6, 6.07) is 8.81. The maximum Gasteiger partial charge on any atom is 0.182 e. The number of benzene rings is 1. The van der Waals surface area contributed by atoms with Crippen LogP contribution in [0.4, 0.5) is 5.69 Å². The third kappa shape index (κ3) is 12.1. The average molecular weight is 415 g/mol. The van der Waals surface area contributed by atoms with Gasteiger partial charge in [0, 0.05) is 12.2 Å². The highest BCUT2D eigenvalue weighted by Crippen LogP contribution is 2.14. The van der Waals surface area contributed by atoms with Gasteiger partial charge in [-0.3, -0.25) is 0 Å². The van der Waals surface area contributed by atoms with Crippen LogP contribution in [0, 0.1) is 0 Å². The summed E-state index contributed by atoms with van der Waals surface area (Å²) in [5.41, 5.74) is 2.55. The molecule has 1 heterocycles. The largest absolute Gasteiger partial charge is 0.478 e. The Morgan fingerprint density at radius 2 is 1.37 bits per heavy atom. The number of allylic oxidation sites excluding steroid dienone is 1. The lowest BCUT2D eigenvalue weighted by molar-refractivity contribution is 0.264. The lowest BCUT2D eigenvalue weighted by Gasteiger charge is -2.07. The van der Waals surface area contributed by atoms with E-state index in [-0.39, 0.29) is 0 Å². The Morgan fingerprint density at radius 1 is 0.800 bits per heavy atom. The van der Waals surface area contributed by atoms with Gasteiger partial charge < -0.3 is 15.4 Å². The van der Waals surface area contributed by atoms with Crippen molar-refractivity contribution in [2.24, 2.45) is 0 Å². The first-order valence-electron chi connectivity index (χ1n) is 12.8. The monoisotopic (exact) mass is 414 g/mol. The van der Waals surface area contributed by atoms with Crippen LogP contribution in [-0.2, 0) is 11.2 Å². The molecule has 1 aliphatic rings. The summed E-state index contributed by atoms with van der Waals surface area (Å²) in [4.78, 5) is 0. The molecule has 0 saturated carbocycles. The Morgan fingerprint density at radius 3 is 1.90 bits per heavy atom. The second kappa shape index (κ2) is 17.1. The maximum atomic E-state index is 5.47. The molecule has 2 rings (SSSR count). The highest BCUT2D eigenvalue weighted by molar-refractivity contribution is 5.44. The summed E-state index contributed by atoms with van der Waals surface area (Å²) in [6.45, 7) is 5.08. The molecule has 0 atom stereocenters. The second-order valence-corrected chi connectivity index (χ2v) is 8.77. The minimum atomic E-state index is 0.786. The topological polar surface area (TPSA) is 33.3 Å². The van der Waals surface area contributed by atoms with E-state index in [2.05, 4.69) is 47.9 Å². The Bertz CT molecular complexity index is 544. The molecule has 3 heteroatoms. The fourth-order valence-electron chi connectivity index (χ4n) is 4.04. The smallest absolute Gasteiger partial charge is 0.182 e. The normalized spacial score (nSPS) is 14.6. The van der Waals surface area contributed by atoms with Gasteiger partial charge in [-0.2, -0.15) is 0 Å². The van der Waals surface area contributed by atoms with Gasteiger partial charge in [-0.15, -0.1) is 0 Å². The van der Waals surface area contributed by atoms with Gasteiger partial charge in [0.15, 0.2) is 5.88 Å². The third-order valence-corrected chi connectivity index (χ3v) is 6.00. The van der Waals surface area contributed by atoms with Gasteiger partial charge in [0.2, 0.25) is 0 Å². The van der Waals surface area contributed by atoms with Crippen molar-refractivity contribution in [3.8, 4) is 0 Å². The van der Waals surface area contributed by atoms with Crippen molar-refractivity contribution in [3.05, 3.63) is 41.8 Å². The molecule has 1 aromatic rings. The van der Waals surface area contributed by atoms with Gasteiger partial charge in [0.25, 0.3) is 0 Å². The minimum Gasteiger partial charge on any atom is -0.478 e. The molecule has 3 nitrogen and oxygen atoms in total. The molecule has 1 saturated heterocycles. The van der Waals surface area contributed by atoms with Crippen LogP contribution < -0.4 is 10.6 Å². The Labute approximate surface area is 186 Å². The summed E-state index contributed by atoms with van der Waals surface area (Å²) >= 11 is 0. The van der Waals surface area contributed by atoms with E-state index in [4.69, 9.17) is 4.74 Å². The first-order valence-corrected chi connectivity index (χ1v) is 12.8. The van der Waals surface area contributed by atoms with Crippen LogP contribution in [0.5, 0.6) is 0 Å². The molecular formula is C27H46N2O. The molecule has 2 N–H and O–H groups in total. The molecular weight excluding hydrogens is 368 g/mol. The van der Waals surface area contributed by atoms with E-state index in [0.29, 0.717) is 0 Å². The molecule has 0 aliphatic carbocycles. The van der Waals surface area contributed by atoms with E-state index in [0.717, 1.165) is 32.0 Å². The number of ether oxygens (including phenoxy) is 1. The standard InChI is InChI=1S/C27H46N2O/c1-2-3-4-5-6-7-8-9-10-11-12-13-14-15-22-28-26-19-16-25(17-20-26)18-21-27-29-23-24-30-27/h16-17,19-21,28-29H,2-15,18,22-24H2,1H3. The lowest BCUT2D eigenvalue weighted by atomic mass is 10.0. The van der Waals surface area contributed by atoms with E-state index in [1.807, 2.05) is 0 Å². The van der Waals surface area contributed by atoms with Gasteiger partial charge in [0.1, 0.15) is 6.61 Å². The van der Waals surface area contributed by atoms with Gasteiger partial charge in [-0.05, 0) is 36.6 Å². The Hall–Kier alpha value is -1.64. The van der Waals surface area contributed by atoms with Crippen LogP contribution in [-0.4, -0.2) is 19.7 Å². The molecule has 0 amide bonds. The van der Waals surface area contributed by atoms with E-state index in [9.17, 15) is 0 Å². The Kier molecular flexibility index (Phi) is 14.0. The zero-order chi connectivity index (χ0) is 21.1. The summed E-state index contributed by atoms with van der Waals surface area (Å²) in [6.07, 6.45) is 22.9. The Balaban J connectivity index is 1.36. The molecule has 170 valence electrons. The van der Waals surface area contributed by atoms with Crippen LogP contribution >= 0.6 is 0 Å². The van der Waals surface area contributed by atoms with E-state index >= 15 is 0 Å². The molecule has 1 aliphatic heterocycles. The van der Waals surface area contributed by atoms with Gasteiger partial charge in [-0.25, -0.2) is 0 Å². The van der Waals surface area contributed by atoms with Gasteiger partial charge >= 0.3 is 0 Å². The molecule has 0 unspecified atom stereocenters. The van der Waals surface area contributed by atoms with E-state index in [1.165, 1.54) is 101 Å². The highest BCUT2D eigenvalue weighted by atomic mass is 16.5. The van der Waals surface area contributed by atoms with Crippen molar-refractivity contribution >= 4 is 5.69 Å². The second-order valence-electron chi connectivity index (χ2n) is 8.77. The van der Waals surface area contributed by atoms with E-state index < -0.39 is 0 Å². The summed E-state index contributed by atoms with van der Waals surface area (Å²) in [7, 11) is 0. The van der Waals surface area contributed by atoms with Crippen LogP contribution in [0.2, 0.25) is 0 Å². The SMILES string of the molecule is CCCCCCCCCCCCCCCCNc1ccc(CC=C2NCCO2)cc1. The van der Waals surface area contributed by atoms with Crippen molar-refractivity contribution in [1.82, 2.24) is 5.32 Å². The molecule has 0 spiro atoms. The van der Waals surface area contributed by atoms with Crippen molar-refractivity contribution < 1.29 is 4.74 Å². The van der Waals surface area contributed by atoms with Crippen LogP contribution in [0.1, 0.15) is 102 Å². The number of hydrogen-bond acceptors (Lipinski definition) is 3. The van der Waals surface area contributed by atoms with E-state index in [1.54, 1.807) is 0 Å². The summed E-state index contributed by atoms with van der Waals surface area (Å²) in [5, 5.41) is 6.80. The number of rotatable bonds is 18.